The number of aromatic amines is 1. The number of carbonyl (C=O) groups is 1. The van der Waals surface area contributed by atoms with Crippen LogP contribution in [0.15, 0.2) is 35.4 Å². The lowest BCUT2D eigenvalue weighted by molar-refractivity contribution is -0.384. The van der Waals surface area contributed by atoms with Gasteiger partial charge in [-0.1, -0.05) is 12.1 Å². The van der Waals surface area contributed by atoms with E-state index in [1.54, 1.807) is 12.1 Å². The maximum Gasteiger partial charge on any atom is 0.269 e. The Labute approximate surface area is 118 Å². The second-order valence-electron chi connectivity index (χ2n) is 4.65. The minimum atomic E-state index is -0.500. The molecule has 1 aromatic carbocycles. The first-order chi connectivity index (χ1) is 10.1. The van der Waals surface area contributed by atoms with Crippen LogP contribution in [0.25, 0.3) is 0 Å². The molecule has 0 fully saturated rings. The monoisotopic (exact) mass is 286 g/mol. The van der Waals surface area contributed by atoms with E-state index in [2.05, 4.69) is 15.3 Å². The Kier molecular flexibility index (Phi) is 2.98. The number of nitrogens with zero attached hydrogens (tertiary/aromatic N) is 2. The molecular formula is C13H10N4O4. The van der Waals surface area contributed by atoms with Crippen LogP contribution in [0.3, 0.4) is 0 Å². The first kappa shape index (κ1) is 13.0. The Balaban J connectivity index is 2.09. The van der Waals surface area contributed by atoms with Gasteiger partial charge in [-0.05, 0) is 5.56 Å². The van der Waals surface area contributed by atoms with Gasteiger partial charge in [-0.25, -0.2) is 4.98 Å². The number of benzene rings is 1. The molecule has 0 radical (unpaired) electrons. The highest BCUT2D eigenvalue weighted by Gasteiger charge is 2.30. The van der Waals surface area contributed by atoms with Crippen LogP contribution >= 0.6 is 0 Å². The summed E-state index contributed by atoms with van der Waals surface area (Å²) in [6, 6.07) is 5.81. The Bertz CT molecular complexity index is 782. The highest BCUT2D eigenvalue weighted by Crippen LogP contribution is 2.33. The van der Waals surface area contributed by atoms with E-state index in [1.807, 2.05) is 0 Å². The van der Waals surface area contributed by atoms with Crippen molar-refractivity contribution in [2.75, 3.05) is 5.32 Å². The van der Waals surface area contributed by atoms with Gasteiger partial charge in [0.05, 0.1) is 16.8 Å². The smallest absolute Gasteiger partial charge is 0.269 e. The van der Waals surface area contributed by atoms with Crippen LogP contribution in [0.5, 0.6) is 0 Å². The molecule has 0 bridgehead atoms. The number of H-pyrrole nitrogens is 1. The maximum atomic E-state index is 12.0. The fourth-order valence-corrected chi connectivity index (χ4v) is 2.42. The molecule has 106 valence electrons. The van der Waals surface area contributed by atoms with E-state index in [9.17, 15) is 19.7 Å². The molecule has 1 unspecified atom stereocenters. The van der Waals surface area contributed by atoms with Crippen molar-refractivity contribution >= 4 is 17.4 Å². The molecule has 2 aromatic rings. The first-order valence-electron chi connectivity index (χ1n) is 6.18. The van der Waals surface area contributed by atoms with Gasteiger partial charge in [0.25, 0.3) is 11.2 Å². The number of amides is 1. The van der Waals surface area contributed by atoms with E-state index in [1.165, 1.54) is 18.5 Å². The van der Waals surface area contributed by atoms with Crippen LogP contribution < -0.4 is 10.9 Å². The molecule has 1 atom stereocenters. The summed E-state index contributed by atoms with van der Waals surface area (Å²) in [5.41, 5.74) is 0.656. The van der Waals surface area contributed by atoms with E-state index in [-0.39, 0.29) is 29.4 Å². The number of hydrogen-bond acceptors (Lipinski definition) is 5. The number of non-ortho nitro benzene ring substituents is 1. The topological polar surface area (TPSA) is 118 Å². The molecule has 0 saturated carbocycles. The quantitative estimate of drug-likeness (QED) is 0.634. The molecule has 0 spiro atoms. The van der Waals surface area contributed by atoms with E-state index in [0.717, 1.165) is 0 Å². The Hall–Kier alpha value is -3.03. The van der Waals surface area contributed by atoms with Gasteiger partial charge in [-0.15, -0.1) is 0 Å². The van der Waals surface area contributed by atoms with E-state index in [4.69, 9.17) is 0 Å². The van der Waals surface area contributed by atoms with Crippen LogP contribution in [0.4, 0.5) is 11.5 Å². The number of nitro benzene ring substituents is 1. The number of anilines is 1. The molecule has 1 aliphatic rings. The SMILES string of the molecule is O=C1CC(c2ccc([N+](=O)[O-])cc2)c2c(nc[nH]c2=O)N1. The first-order valence-corrected chi connectivity index (χ1v) is 6.18. The average Bonchev–Trinajstić information content (AvgIpc) is 2.46. The minimum absolute atomic E-state index is 0.0423. The number of aromatic nitrogens is 2. The fraction of sp³-hybridized carbons (Fsp3) is 0.154. The molecule has 2 N–H and O–H groups in total. The number of nitrogens with one attached hydrogen (secondary N) is 2. The van der Waals surface area contributed by atoms with Crippen LogP contribution in [0.1, 0.15) is 23.5 Å². The molecule has 8 heteroatoms. The normalized spacial score (nSPS) is 17.0. The Morgan fingerprint density at radius 1 is 1.24 bits per heavy atom. The minimum Gasteiger partial charge on any atom is -0.313 e. The summed E-state index contributed by atoms with van der Waals surface area (Å²) in [5, 5.41) is 13.2. The van der Waals surface area contributed by atoms with Crippen LogP contribution in [0, 0.1) is 10.1 Å². The third-order valence-electron chi connectivity index (χ3n) is 3.39. The van der Waals surface area contributed by atoms with Crippen LogP contribution in [0.2, 0.25) is 0 Å². The lowest BCUT2D eigenvalue weighted by atomic mass is 9.87. The number of fused-ring (bicyclic) bond motifs is 1. The largest absolute Gasteiger partial charge is 0.313 e. The number of hydrogen-bond donors (Lipinski definition) is 2. The summed E-state index contributed by atoms with van der Waals surface area (Å²) >= 11 is 0. The van der Waals surface area contributed by atoms with Gasteiger partial charge in [0.15, 0.2) is 0 Å². The van der Waals surface area contributed by atoms with Crippen molar-refractivity contribution in [1.82, 2.24) is 9.97 Å². The van der Waals surface area contributed by atoms with Gasteiger partial charge < -0.3 is 10.3 Å². The van der Waals surface area contributed by atoms with Crippen LogP contribution in [-0.4, -0.2) is 20.8 Å². The maximum absolute atomic E-state index is 12.0. The summed E-state index contributed by atoms with van der Waals surface area (Å²) in [6.07, 6.45) is 1.32. The molecule has 21 heavy (non-hydrogen) atoms. The van der Waals surface area contributed by atoms with Gasteiger partial charge in [-0.2, -0.15) is 0 Å². The highest BCUT2D eigenvalue weighted by atomic mass is 16.6. The van der Waals surface area contributed by atoms with E-state index in [0.29, 0.717) is 11.1 Å². The predicted octanol–water partition coefficient (Wildman–Crippen LogP) is 1.15. The molecule has 8 nitrogen and oxygen atoms in total. The molecule has 0 saturated heterocycles. The second-order valence-corrected chi connectivity index (χ2v) is 4.65. The summed E-state index contributed by atoms with van der Waals surface area (Å²) in [6.45, 7) is 0. The number of nitro groups is 1. The summed E-state index contributed by atoms with van der Waals surface area (Å²) in [4.78, 5) is 40.3. The predicted molar refractivity (Wildman–Crippen MR) is 73.0 cm³/mol. The van der Waals surface area contributed by atoms with Crippen molar-refractivity contribution in [3.63, 3.8) is 0 Å². The van der Waals surface area contributed by atoms with Gasteiger partial charge in [0.1, 0.15) is 5.82 Å². The molecule has 1 amide bonds. The third-order valence-corrected chi connectivity index (χ3v) is 3.39. The fourth-order valence-electron chi connectivity index (χ4n) is 2.42. The molecular weight excluding hydrogens is 276 g/mol. The standard InChI is InChI=1S/C13H10N4O4/c18-10-5-9(7-1-3-8(4-2-7)17(20)21)11-12(16-10)14-6-15-13(11)19/h1-4,6,9H,5H2,(H2,14,15,16,18,19). The zero-order valence-electron chi connectivity index (χ0n) is 10.7. The number of rotatable bonds is 2. The molecule has 1 aromatic heterocycles. The summed E-state index contributed by atoms with van der Waals surface area (Å²) in [7, 11) is 0. The zero-order valence-corrected chi connectivity index (χ0v) is 10.7. The third kappa shape index (κ3) is 2.27. The van der Waals surface area contributed by atoms with Crippen molar-refractivity contribution in [3.05, 3.63) is 62.2 Å². The van der Waals surface area contributed by atoms with Gasteiger partial charge in [0, 0.05) is 24.5 Å². The average molecular weight is 286 g/mol. The Morgan fingerprint density at radius 2 is 1.95 bits per heavy atom. The van der Waals surface area contributed by atoms with Crippen molar-refractivity contribution in [2.24, 2.45) is 0 Å². The number of carbonyl (C=O) groups excluding carboxylic acids is 1. The van der Waals surface area contributed by atoms with Crippen molar-refractivity contribution < 1.29 is 9.72 Å². The van der Waals surface area contributed by atoms with Gasteiger partial charge in [0.2, 0.25) is 5.91 Å². The van der Waals surface area contributed by atoms with Crippen molar-refractivity contribution in [3.8, 4) is 0 Å². The lowest BCUT2D eigenvalue weighted by Crippen LogP contribution is -2.30. The van der Waals surface area contributed by atoms with Crippen LogP contribution in [-0.2, 0) is 4.79 Å². The molecule has 0 aliphatic carbocycles. The summed E-state index contributed by atoms with van der Waals surface area (Å²) in [5.74, 6) is -0.477. The molecule has 3 rings (SSSR count). The zero-order chi connectivity index (χ0) is 15.0. The lowest BCUT2D eigenvalue weighted by Gasteiger charge is -2.23. The summed E-state index contributed by atoms with van der Waals surface area (Å²) < 4.78 is 0. The van der Waals surface area contributed by atoms with E-state index >= 15 is 0 Å². The van der Waals surface area contributed by atoms with E-state index < -0.39 is 10.8 Å². The van der Waals surface area contributed by atoms with Crippen molar-refractivity contribution in [1.29, 1.82) is 0 Å². The van der Waals surface area contributed by atoms with Gasteiger partial charge >= 0.3 is 0 Å². The van der Waals surface area contributed by atoms with Gasteiger partial charge in [-0.3, -0.25) is 19.7 Å². The second kappa shape index (κ2) is 4.82. The van der Waals surface area contributed by atoms with Crippen molar-refractivity contribution in [2.45, 2.75) is 12.3 Å². The highest BCUT2D eigenvalue weighted by molar-refractivity contribution is 5.94. The molecule has 1 aliphatic heterocycles. The molecule has 2 heterocycles. The Morgan fingerprint density at radius 3 is 2.62 bits per heavy atom.